The lowest BCUT2D eigenvalue weighted by molar-refractivity contribution is -0.0509. The van der Waals surface area contributed by atoms with Gasteiger partial charge in [-0.15, -0.1) is 0 Å². The van der Waals surface area contributed by atoms with Gasteiger partial charge in [-0.3, -0.25) is 0 Å². The highest BCUT2D eigenvalue weighted by Gasteiger charge is 2.60. The van der Waals surface area contributed by atoms with E-state index in [0.29, 0.717) is 24.9 Å². The number of hydrogen-bond donors (Lipinski definition) is 1. The van der Waals surface area contributed by atoms with Crippen LogP contribution in [-0.4, -0.2) is 51.8 Å². The van der Waals surface area contributed by atoms with Gasteiger partial charge in [0, 0.05) is 5.41 Å². The van der Waals surface area contributed by atoms with E-state index in [1.807, 2.05) is 13.8 Å². The molecule has 0 radical (unpaired) electrons. The smallest absolute Gasteiger partial charge is 0.192 e. The summed E-state index contributed by atoms with van der Waals surface area (Å²) >= 11 is 0. The first-order valence-corrected chi connectivity index (χ1v) is 23.8. The van der Waals surface area contributed by atoms with Crippen LogP contribution < -0.4 is 0 Å². The standard InChI is InChI=1S/C39H70O4Si2/c1-34(2,3)44(13,14)42-28-25-27-17-18-29-30-19-20-32(37(9,10)41-24-23-36(7,8)40)38(30,11)22-21-31(29)39(27,12)33(26-28)43-45(15,16)35(4,5)6/h17-18,20,28,30-31,33,40H,19,21-26H2,1-16H3/t28?,30-,31-,33?,38-,39-/m0/s1. The molecule has 4 aliphatic rings. The number of fused-ring (bicyclic) bond motifs is 5. The molecule has 0 spiro atoms. The van der Waals surface area contributed by atoms with Crippen LogP contribution in [-0.2, 0) is 13.6 Å². The molecule has 6 atom stereocenters. The molecular weight excluding hydrogens is 589 g/mol. The highest BCUT2D eigenvalue weighted by molar-refractivity contribution is 6.74. The molecule has 0 bridgehead atoms. The molecule has 0 aromatic heterocycles. The minimum absolute atomic E-state index is 0.0182. The van der Waals surface area contributed by atoms with E-state index < -0.39 is 22.2 Å². The lowest BCUT2D eigenvalue weighted by Crippen LogP contribution is -2.58. The maximum atomic E-state index is 10.3. The topological polar surface area (TPSA) is 47.9 Å². The predicted molar refractivity (Wildman–Crippen MR) is 196 cm³/mol. The third-order valence-electron chi connectivity index (χ3n) is 13.5. The second-order valence-electron chi connectivity index (χ2n) is 19.8. The third kappa shape index (κ3) is 6.99. The van der Waals surface area contributed by atoms with Crippen molar-refractivity contribution in [2.75, 3.05) is 6.61 Å². The molecule has 0 saturated heterocycles. The van der Waals surface area contributed by atoms with Gasteiger partial charge < -0.3 is 18.7 Å². The van der Waals surface area contributed by atoms with Crippen LogP contribution in [0.15, 0.2) is 34.9 Å². The number of aliphatic hydroxyl groups is 1. The highest BCUT2D eigenvalue weighted by atomic mass is 28.4. The summed E-state index contributed by atoms with van der Waals surface area (Å²) in [6.07, 6.45) is 14.0. The average molecular weight is 659 g/mol. The summed E-state index contributed by atoms with van der Waals surface area (Å²) in [5.41, 5.74) is 3.65. The Morgan fingerprint density at radius 2 is 1.42 bits per heavy atom. The van der Waals surface area contributed by atoms with Crippen molar-refractivity contribution in [2.45, 2.75) is 181 Å². The van der Waals surface area contributed by atoms with Crippen LogP contribution in [0, 0.1) is 22.7 Å². The molecule has 258 valence electrons. The zero-order valence-electron chi connectivity index (χ0n) is 32.2. The van der Waals surface area contributed by atoms with Gasteiger partial charge in [-0.05, 0) is 125 Å². The van der Waals surface area contributed by atoms with E-state index in [1.54, 1.807) is 11.1 Å². The lowest BCUT2D eigenvalue weighted by atomic mass is 9.49. The summed E-state index contributed by atoms with van der Waals surface area (Å²) in [6, 6.07) is 0. The van der Waals surface area contributed by atoms with Crippen LogP contribution in [0.2, 0.25) is 36.3 Å². The molecular formula is C39H70O4Si2. The van der Waals surface area contributed by atoms with Crippen molar-refractivity contribution in [3.8, 4) is 0 Å². The summed E-state index contributed by atoms with van der Waals surface area (Å²) in [5, 5.41) is 10.6. The van der Waals surface area contributed by atoms with Gasteiger partial charge in [0.05, 0.1) is 30.0 Å². The Hall–Kier alpha value is -0.506. The molecule has 0 heterocycles. The Morgan fingerprint density at radius 1 is 0.844 bits per heavy atom. The Morgan fingerprint density at radius 3 is 1.98 bits per heavy atom. The summed E-state index contributed by atoms with van der Waals surface area (Å²) in [6.45, 7) is 37.7. The fourth-order valence-corrected chi connectivity index (χ4v) is 11.3. The van der Waals surface area contributed by atoms with Gasteiger partial charge in [0.15, 0.2) is 16.6 Å². The van der Waals surface area contributed by atoms with Crippen molar-refractivity contribution in [3.05, 3.63) is 34.9 Å². The fraction of sp³-hybridized carbons (Fsp3) is 0.846. The van der Waals surface area contributed by atoms with E-state index in [4.69, 9.17) is 13.6 Å². The number of rotatable bonds is 9. The molecule has 0 aromatic rings. The third-order valence-corrected chi connectivity index (χ3v) is 22.5. The minimum Gasteiger partial charge on any atom is -0.414 e. The summed E-state index contributed by atoms with van der Waals surface area (Å²) in [7, 11) is -3.96. The van der Waals surface area contributed by atoms with Crippen LogP contribution in [0.5, 0.6) is 0 Å². The Balaban J connectivity index is 1.68. The van der Waals surface area contributed by atoms with Crippen molar-refractivity contribution in [1.82, 2.24) is 0 Å². The maximum absolute atomic E-state index is 10.3. The number of hydrogen-bond acceptors (Lipinski definition) is 4. The zero-order chi connectivity index (χ0) is 34.2. The minimum atomic E-state index is -2.04. The first kappa shape index (κ1) is 37.3. The van der Waals surface area contributed by atoms with Gasteiger partial charge in [-0.1, -0.05) is 84.8 Å². The zero-order valence-corrected chi connectivity index (χ0v) is 34.2. The molecule has 4 nitrogen and oxygen atoms in total. The molecule has 2 saturated carbocycles. The van der Waals surface area contributed by atoms with Gasteiger partial charge in [-0.25, -0.2) is 0 Å². The van der Waals surface area contributed by atoms with E-state index in [-0.39, 0.29) is 38.7 Å². The van der Waals surface area contributed by atoms with E-state index in [0.717, 1.165) is 19.3 Å². The highest BCUT2D eigenvalue weighted by Crippen LogP contribution is 2.66. The van der Waals surface area contributed by atoms with Crippen molar-refractivity contribution >= 4 is 16.6 Å². The quantitative estimate of drug-likeness (QED) is 0.198. The molecule has 0 aliphatic heterocycles. The average Bonchev–Trinajstić information content (AvgIpc) is 3.20. The second kappa shape index (κ2) is 11.8. The Labute approximate surface area is 280 Å². The molecule has 6 heteroatoms. The first-order chi connectivity index (χ1) is 20.2. The molecule has 45 heavy (non-hydrogen) atoms. The molecule has 4 aliphatic carbocycles. The van der Waals surface area contributed by atoms with Gasteiger partial charge >= 0.3 is 0 Å². The van der Waals surface area contributed by atoms with E-state index in [1.165, 1.54) is 18.4 Å². The number of allylic oxidation sites excluding steroid dienone is 4. The number of ether oxygens (including phenoxy) is 1. The van der Waals surface area contributed by atoms with Crippen molar-refractivity contribution < 1.29 is 18.7 Å². The van der Waals surface area contributed by atoms with Gasteiger partial charge in [0.1, 0.15) is 0 Å². The second-order valence-corrected chi connectivity index (χ2v) is 29.3. The molecule has 1 N–H and O–H groups in total. The van der Waals surface area contributed by atoms with E-state index in [2.05, 4.69) is 114 Å². The van der Waals surface area contributed by atoms with Gasteiger partial charge in [0.25, 0.3) is 0 Å². The van der Waals surface area contributed by atoms with Crippen LogP contribution in [0.1, 0.15) is 122 Å². The predicted octanol–water partition coefficient (Wildman–Crippen LogP) is 10.8. The summed E-state index contributed by atoms with van der Waals surface area (Å²) in [4.78, 5) is 0. The summed E-state index contributed by atoms with van der Waals surface area (Å²) in [5.74, 6) is 0.985. The molecule has 0 amide bonds. The lowest BCUT2D eigenvalue weighted by Gasteiger charge is -2.59. The van der Waals surface area contributed by atoms with Crippen molar-refractivity contribution in [2.24, 2.45) is 22.7 Å². The van der Waals surface area contributed by atoms with Crippen molar-refractivity contribution in [3.63, 3.8) is 0 Å². The Bertz CT molecular complexity index is 1200. The van der Waals surface area contributed by atoms with Crippen LogP contribution in [0.25, 0.3) is 0 Å². The van der Waals surface area contributed by atoms with Gasteiger partial charge in [-0.2, -0.15) is 0 Å². The normalized spacial score (nSPS) is 33.1. The maximum Gasteiger partial charge on any atom is 0.192 e. The van der Waals surface area contributed by atoms with Crippen LogP contribution >= 0.6 is 0 Å². The van der Waals surface area contributed by atoms with E-state index >= 15 is 0 Å². The SMILES string of the molecule is CC(C)(O)CCOC(C)(C)C1=CC[C@H]2C3=CC=C4CC(O[Si](C)(C)C(C)(C)C)CC(O[Si](C)(C)C(C)(C)C)[C@]4(C)[C@H]3CC[C@]12C. The van der Waals surface area contributed by atoms with E-state index in [9.17, 15) is 5.11 Å². The summed E-state index contributed by atoms with van der Waals surface area (Å²) < 4.78 is 21.2. The molecule has 2 unspecified atom stereocenters. The van der Waals surface area contributed by atoms with Crippen LogP contribution in [0.3, 0.4) is 0 Å². The molecule has 2 fully saturated rings. The molecule has 0 aromatic carbocycles. The first-order valence-electron chi connectivity index (χ1n) is 18.0. The Kier molecular flexibility index (Phi) is 9.81. The van der Waals surface area contributed by atoms with Crippen molar-refractivity contribution in [1.29, 1.82) is 0 Å². The fourth-order valence-electron chi connectivity index (χ4n) is 8.55. The monoisotopic (exact) mass is 658 g/mol. The molecule has 4 rings (SSSR count). The largest absolute Gasteiger partial charge is 0.414 e. The van der Waals surface area contributed by atoms with Gasteiger partial charge in [0.2, 0.25) is 0 Å². The van der Waals surface area contributed by atoms with Crippen LogP contribution in [0.4, 0.5) is 0 Å².